The highest BCUT2D eigenvalue weighted by molar-refractivity contribution is 7.89. The lowest BCUT2D eigenvalue weighted by Crippen LogP contribution is -2.25. The summed E-state index contributed by atoms with van der Waals surface area (Å²) in [5, 5.41) is 0. The predicted molar refractivity (Wildman–Crippen MR) is 82.5 cm³/mol. The summed E-state index contributed by atoms with van der Waals surface area (Å²) in [6.07, 6.45) is 0. The summed E-state index contributed by atoms with van der Waals surface area (Å²) >= 11 is 0. The average molecular weight is 324 g/mol. The third-order valence-corrected chi connectivity index (χ3v) is 5.07. The molecule has 0 aliphatic heterocycles. The summed E-state index contributed by atoms with van der Waals surface area (Å²) < 4.78 is 38.2. The number of hydrogen-bond acceptors (Lipinski definition) is 5. The van der Waals surface area contributed by atoms with E-state index in [0.717, 1.165) is 0 Å². The van der Waals surface area contributed by atoms with E-state index in [1.54, 1.807) is 46.9 Å². The quantitative estimate of drug-likeness (QED) is 0.913. The number of sulfonamides is 1. The van der Waals surface area contributed by atoms with E-state index in [-0.39, 0.29) is 11.4 Å². The molecule has 120 valence electrons. The molecule has 0 bridgehead atoms. The maximum atomic E-state index is 12.6. The molecule has 0 aliphatic rings. The molecule has 22 heavy (non-hydrogen) atoms. The van der Waals surface area contributed by atoms with Crippen molar-refractivity contribution in [2.75, 3.05) is 7.11 Å². The second kappa shape index (κ2) is 6.10. The molecule has 1 aromatic heterocycles. The Bertz CT molecular complexity index is 771. The first-order valence-corrected chi connectivity index (χ1v) is 8.30. The number of aromatic nitrogens is 1. The molecule has 2 rings (SSSR count). The highest BCUT2D eigenvalue weighted by Crippen LogP contribution is 2.25. The van der Waals surface area contributed by atoms with Crippen molar-refractivity contribution in [2.24, 2.45) is 0 Å². The number of ether oxygens (including phenoxy) is 1. The molecule has 0 spiro atoms. The molecule has 0 amide bonds. The molecule has 0 fully saturated rings. The van der Waals surface area contributed by atoms with Gasteiger partial charge in [-0.05, 0) is 44.0 Å². The summed E-state index contributed by atoms with van der Waals surface area (Å²) in [5.41, 5.74) is 1.95. The van der Waals surface area contributed by atoms with E-state index in [4.69, 9.17) is 9.15 Å². The first-order valence-electron chi connectivity index (χ1n) is 6.82. The molecule has 6 nitrogen and oxygen atoms in total. The fraction of sp³-hybridized carbons (Fsp3) is 0.400. The minimum Gasteiger partial charge on any atom is -0.497 e. The Morgan fingerprint density at radius 1 is 1.18 bits per heavy atom. The smallest absolute Gasteiger partial charge is 0.241 e. The van der Waals surface area contributed by atoms with Gasteiger partial charge < -0.3 is 9.15 Å². The summed E-state index contributed by atoms with van der Waals surface area (Å²) in [5.74, 6) is 1.67. The zero-order chi connectivity index (χ0) is 16.5. The Kier molecular flexibility index (Phi) is 4.58. The van der Waals surface area contributed by atoms with Crippen LogP contribution in [0.15, 0.2) is 21.4 Å². The zero-order valence-corrected chi connectivity index (χ0v) is 14.2. The molecule has 1 N–H and O–H groups in total. The van der Waals surface area contributed by atoms with E-state index in [1.165, 1.54) is 0 Å². The summed E-state index contributed by atoms with van der Waals surface area (Å²) in [6.45, 7) is 7.06. The van der Waals surface area contributed by atoms with Crippen LogP contribution in [0.4, 0.5) is 0 Å². The lowest BCUT2D eigenvalue weighted by Gasteiger charge is -2.13. The zero-order valence-electron chi connectivity index (χ0n) is 13.4. The van der Waals surface area contributed by atoms with Crippen LogP contribution in [0.1, 0.15) is 28.5 Å². The van der Waals surface area contributed by atoms with Crippen LogP contribution in [-0.4, -0.2) is 20.5 Å². The van der Waals surface area contributed by atoms with E-state index in [9.17, 15) is 8.42 Å². The van der Waals surface area contributed by atoms with Crippen LogP contribution in [0.5, 0.6) is 5.75 Å². The third kappa shape index (κ3) is 3.31. The lowest BCUT2D eigenvalue weighted by atomic mass is 10.1. The molecule has 0 radical (unpaired) electrons. The lowest BCUT2D eigenvalue weighted by molar-refractivity contribution is 0.413. The molecule has 0 aliphatic carbocycles. The van der Waals surface area contributed by atoms with Gasteiger partial charge in [0.25, 0.3) is 0 Å². The van der Waals surface area contributed by atoms with Gasteiger partial charge in [0.1, 0.15) is 11.5 Å². The maximum absolute atomic E-state index is 12.6. The van der Waals surface area contributed by atoms with Crippen molar-refractivity contribution in [2.45, 2.75) is 39.1 Å². The molecular weight excluding hydrogens is 304 g/mol. The highest BCUT2D eigenvalue weighted by Gasteiger charge is 2.21. The largest absolute Gasteiger partial charge is 0.497 e. The molecule has 0 atom stereocenters. The van der Waals surface area contributed by atoms with Crippen LogP contribution >= 0.6 is 0 Å². The topological polar surface area (TPSA) is 81.4 Å². The Balaban J connectivity index is 2.29. The number of methoxy groups -OCH3 is 1. The van der Waals surface area contributed by atoms with Crippen molar-refractivity contribution in [3.8, 4) is 5.75 Å². The Morgan fingerprint density at radius 3 is 2.23 bits per heavy atom. The Morgan fingerprint density at radius 2 is 1.77 bits per heavy atom. The minimum absolute atomic E-state index is 0.0694. The van der Waals surface area contributed by atoms with Gasteiger partial charge in [-0.2, -0.15) is 0 Å². The van der Waals surface area contributed by atoms with Crippen molar-refractivity contribution >= 4 is 10.0 Å². The van der Waals surface area contributed by atoms with Gasteiger partial charge in [-0.25, -0.2) is 18.1 Å². The second-order valence-corrected chi connectivity index (χ2v) is 6.86. The van der Waals surface area contributed by atoms with Gasteiger partial charge in [0.2, 0.25) is 10.0 Å². The fourth-order valence-electron chi connectivity index (χ4n) is 2.42. The SMILES string of the molecule is COc1cc(C)c(S(=O)(=O)NCc2oc(C)nc2C)c(C)c1. The van der Waals surface area contributed by atoms with Gasteiger partial charge in [0, 0.05) is 6.92 Å². The van der Waals surface area contributed by atoms with Crippen LogP contribution in [0.25, 0.3) is 0 Å². The van der Waals surface area contributed by atoms with Crippen molar-refractivity contribution < 1.29 is 17.6 Å². The highest BCUT2D eigenvalue weighted by atomic mass is 32.2. The van der Waals surface area contributed by atoms with E-state index < -0.39 is 10.0 Å². The molecule has 1 aromatic carbocycles. The number of nitrogens with one attached hydrogen (secondary N) is 1. The van der Waals surface area contributed by atoms with Crippen molar-refractivity contribution in [3.05, 3.63) is 40.6 Å². The van der Waals surface area contributed by atoms with Crippen LogP contribution < -0.4 is 9.46 Å². The molecule has 0 unspecified atom stereocenters. The normalized spacial score (nSPS) is 11.7. The van der Waals surface area contributed by atoms with E-state index in [0.29, 0.717) is 34.2 Å². The summed E-state index contributed by atoms with van der Waals surface area (Å²) in [6, 6.07) is 3.40. The fourth-order valence-corrected chi connectivity index (χ4v) is 3.85. The Hall–Kier alpha value is -1.86. The van der Waals surface area contributed by atoms with Gasteiger partial charge in [-0.3, -0.25) is 0 Å². The number of oxazole rings is 1. The monoisotopic (exact) mass is 324 g/mol. The van der Waals surface area contributed by atoms with E-state index in [2.05, 4.69) is 9.71 Å². The molecule has 1 heterocycles. The second-order valence-electron chi connectivity index (χ2n) is 5.16. The summed E-state index contributed by atoms with van der Waals surface area (Å²) in [7, 11) is -2.09. The van der Waals surface area contributed by atoms with Crippen LogP contribution in [-0.2, 0) is 16.6 Å². The number of rotatable bonds is 5. The minimum atomic E-state index is -3.65. The van der Waals surface area contributed by atoms with Gasteiger partial charge in [-0.1, -0.05) is 0 Å². The van der Waals surface area contributed by atoms with Crippen LogP contribution in [0, 0.1) is 27.7 Å². The van der Waals surface area contributed by atoms with Gasteiger partial charge in [-0.15, -0.1) is 0 Å². The number of nitrogens with zero attached hydrogens (tertiary/aromatic N) is 1. The van der Waals surface area contributed by atoms with E-state index in [1.807, 2.05) is 0 Å². The number of aryl methyl sites for hydroxylation is 4. The molecule has 2 aromatic rings. The first kappa shape index (κ1) is 16.5. The number of hydrogen-bond donors (Lipinski definition) is 1. The van der Waals surface area contributed by atoms with Gasteiger partial charge in [0.15, 0.2) is 5.89 Å². The first-order chi connectivity index (χ1) is 10.2. The predicted octanol–water partition coefficient (Wildman–Crippen LogP) is 2.40. The van der Waals surface area contributed by atoms with Crippen LogP contribution in [0.2, 0.25) is 0 Å². The average Bonchev–Trinajstić information content (AvgIpc) is 2.73. The van der Waals surface area contributed by atoms with Crippen molar-refractivity contribution in [3.63, 3.8) is 0 Å². The van der Waals surface area contributed by atoms with Gasteiger partial charge in [0.05, 0.1) is 24.2 Å². The summed E-state index contributed by atoms with van der Waals surface area (Å²) in [4.78, 5) is 4.39. The standard InChI is InChI=1S/C15H20N2O4S/c1-9-6-13(20-5)7-10(2)15(9)22(18,19)16-8-14-11(3)17-12(4)21-14/h6-7,16H,8H2,1-5H3. The Labute approximate surface area is 130 Å². The van der Waals surface area contributed by atoms with Crippen molar-refractivity contribution in [1.29, 1.82) is 0 Å². The van der Waals surface area contributed by atoms with Crippen LogP contribution in [0.3, 0.4) is 0 Å². The number of benzene rings is 1. The molecule has 7 heteroatoms. The van der Waals surface area contributed by atoms with Crippen molar-refractivity contribution in [1.82, 2.24) is 9.71 Å². The van der Waals surface area contributed by atoms with E-state index >= 15 is 0 Å². The molecule has 0 saturated carbocycles. The molecule has 0 saturated heterocycles. The maximum Gasteiger partial charge on any atom is 0.241 e. The third-order valence-electron chi connectivity index (χ3n) is 3.36. The molecular formula is C15H20N2O4S. The van der Waals surface area contributed by atoms with Gasteiger partial charge >= 0.3 is 0 Å².